The summed E-state index contributed by atoms with van der Waals surface area (Å²) in [6.07, 6.45) is -4.44. The normalized spacial score (nSPS) is 13.5. The zero-order valence-electron chi connectivity index (χ0n) is 17.7. The average molecular weight is 467 g/mol. The number of carbonyl (C=O) groups excluding carboxylic acids is 1. The highest BCUT2D eigenvalue weighted by Crippen LogP contribution is 2.27. The van der Waals surface area contributed by atoms with Gasteiger partial charge in [-0.2, -0.15) is 13.2 Å². The summed E-state index contributed by atoms with van der Waals surface area (Å²) in [5.41, 5.74) is 4.95. The Morgan fingerprint density at radius 2 is 1.76 bits per heavy atom. The van der Waals surface area contributed by atoms with Gasteiger partial charge in [-0.15, -0.1) is 0 Å². The predicted molar refractivity (Wildman–Crippen MR) is 113 cm³/mol. The van der Waals surface area contributed by atoms with Crippen molar-refractivity contribution in [2.24, 2.45) is 5.73 Å². The summed E-state index contributed by atoms with van der Waals surface area (Å²) in [6.45, 7) is 0.922. The zero-order valence-corrected chi connectivity index (χ0v) is 17.7. The third-order valence-electron chi connectivity index (χ3n) is 5.00. The number of nitrogens with zero attached hydrogens (tertiary/aromatic N) is 1. The number of pyridine rings is 1. The molecular formula is C23H22F5N3O2. The fraction of sp³-hybridized carbons (Fsp3) is 0.304. The first kappa shape index (κ1) is 24.4. The number of carbonyl (C=O) groups is 1. The molecule has 3 N–H and O–H groups in total. The van der Waals surface area contributed by atoms with Crippen LogP contribution in [0.15, 0.2) is 48.7 Å². The van der Waals surface area contributed by atoms with Crippen LogP contribution in [0.5, 0.6) is 5.75 Å². The third kappa shape index (κ3) is 6.61. The van der Waals surface area contributed by atoms with Gasteiger partial charge in [-0.3, -0.25) is 9.78 Å². The first-order chi connectivity index (χ1) is 15.5. The molecule has 5 nitrogen and oxygen atoms in total. The van der Waals surface area contributed by atoms with E-state index < -0.39 is 35.7 Å². The van der Waals surface area contributed by atoms with Gasteiger partial charge in [0.15, 0.2) is 0 Å². The molecule has 176 valence electrons. The van der Waals surface area contributed by atoms with Crippen LogP contribution in [0.3, 0.4) is 0 Å². The number of hydrogen-bond acceptors (Lipinski definition) is 4. The predicted octanol–water partition coefficient (Wildman–Crippen LogP) is 4.88. The Morgan fingerprint density at radius 1 is 1.09 bits per heavy atom. The Morgan fingerprint density at radius 3 is 2.42 bits per heavy atom. The minimum absolute atomic E-state index is 0.155. The van der Waals surface area contributed by atoms with Crippen molar-refractivity contribution < 1.29 is 31.5 Å². The van der Waals surface area contributed by atoms with Gasteiger partial charge in [0, 0.05) is 30.1 Å². The van der Waals surface area contributed by atoms with E-state index in [9.17, 15) is 26.7 Å². The second kappa shape index (κ2) is 9.70. The molecule has 1 atom stereocenters. The molecule has 1 heterocycles. The lowest BCUT2D eigenvalue weighted by atomic mass is 9.97. The van der Waals surface area contributed by atoms with E-state index in [1.54, 1.807) is 18.2 Å². The van der Waals surface area contributed by atoms with Gasteiger partial charge in [-0.1, -0.05) is 18.2 Å². The molecule has 33 heavy (non-hydrogen) atoms. The van der Waals surface area contributed by atoms with Crippen molar-refractivity contribution >= 4 is 16.8 Å². The lowest BCUT2D eigenvalue weighted by Crippen LogP contribution is -2.48. The van der Waals surface area contributed by atoms with Crippen molar-refractivity contribution in [2.45, 2.75) is 38.1 Å². The number of para-hydroxylation sites is 1. The van der Waals surface area contributed by atoms with Crippen LogP contribution in [0.25, 0.3) is 10.9 Å². The highest BCUT2D eigenvalue weighted by molar-refractivity contribution is 5.98. The SMILES string of the molecule is CC(N)(CCC(F)(F)F)CNC(=O)c1cnc2c(OCc3c(F)cccc3F)cccc2c1. The number of fused-ring (bicyclic) bond motifs is 1. The average Bonchev–Trinajstić information content (AvgIpc) is 2.75. The molecule has 3 rings (SSSR count). The van der Waals surface area contributed by atoms with E-state index in [1.807, 2.05) is 0 Å². The summed E-state index contributed by atoms with van der Waals surface area (Å²) in [5.74, 6) is -1.75. The number of halogens is 5. The molecule has 1 amide bonds. The maximum Gasteiger partial charge on any atom is 0.389 e. The summed E-state index contributed by atoms with van der Waals surface area (Å²) in [4.78, 5) is 16.7. The Balaban J connectivity index is 1.69. The number of aromatic nitrogens is 1. The van der Waals surface area contributed by atoms with Gasteiger partial charge in [0.2, 0.25) is 0 Å². The van der Waals surface area contributed by atoms with Crippen LogP contribution in [-0.4, -0.2) is 29.2 Å². The van der Waals surface area contributed by atoms with Crippen LogP contribution in [0.1, 0.15) is 35.7 Å². The molecule has 2 aromatic carbocycles. The van der Waals surface area contributed by atoms with Gasteiger partial charge in [0.25, 0.3) is 5.91 Å². The Kier molecular flexibility index (Phi) is 7.16. The first-order valence-corrected chi connectivity index (χ1v) is 10.0. The molecule has 1 aromatic heterocycles. The zero-order chi connectivity index (χ0) is 24.2. The number of benzene rings is 2. The molecule has 0 spiro atoms. The molecule has 1 unspecified atom stereocenters. The van der Waals surface area contributed by atoms with Gasteiger partial charge >= 0.3 is 6.18 Å². The van der Waals surface area contributed by atoms with E-state index >= 15 is 0 Å². The summed E-state index contributed by atoms with van der Waals surface area (Å²) in [5, 5.41) is 3.06. The molecular weight excluding hydrogens is 445 g/mol. The molecule has 0 fully saturated rings. The van der Waals surface area contributed by atoms with E-state index in [0.717, 1.165) is 12.1 Å². The Hall–Kier alpha value is -3.27. The summed E-state index contributed by atoms with van der Waals surface area (Å²) >= 11 is 0. The monoisotopic (exact) mass is 467 g/mol. The number of alkyl halides is 3. The summed E-state index contributed by atoms with van der Waals surface area (Å²) in [7, 11) is 0. The maximum absolute atomic E-state index is 13.8. The van der Waals surface area contributed by atoms with Crippen LogP contribution in [0.2, 0.25) is 0 Å². The Bertz CT molecular complexity index is 1130. The van der Waals surface area contributed by atoms with Crippen molar-refractivity contribution in [3.05, 3.63) is 71.4 Å². The fourth-order valence-electron chi connectivity index (χ4n) is 3.09. The summed E-state index contributed by atoms with van der Waals surface area (Å²) < 4.78 is 70.5. The van der Waals surface area contributed by atoms with Crippen molar-refractivity contribution in [3.63, 3.8) is 0 Å². The second-order valence-corrected chi connectivity index (χ2v) is 7.99. The minimum Gasteiger partial charge on any atom is -0.486 e. The van der Waals surface area contributed by atoms with E-state index in [1.165, 1.54) is 25.3 Å². The minimum atomic E-state index is -4.33. The molecule has 0 bridgehead atoms. The number of amides is 1. The van der Waals surface area contributed by atoms with Gasteiger partial charge in [0.05, 0.1) is 11.1 Å². The quantitative estimate of drug-likeness (QED) is 0.463. The van der Waals surface area contributed by atoms with Gasteiger partial charge in [0.1, 0.15) is 29.5 Å². The van der Waals surface area contributed by atoms with E-state index in [0.29, 0.717) is 10.9 Å². The second-order valence-electron chi connectivity index (χ2n) is 7.99. The van der Waals surface area contributed by atoms with E-state index in [2.05, 4.69) is 10.3 Å². The molecule has 10 heteroatoms. The van der Waals surface area contributed by atoms with Gasteiger partial charge in [-0.05, 0) is 37.6 Å². The molecule has 0 aliphatic heterocycles. The van der Waals surface area contributed by atoms with Crippen molar-refractivity contribution in [1.82, 2.24) is 10.3 Å². The highest BCUT2D eigenvalue weighted by atomic mass is 19.4. The van der Waals surface area contributed by atoms with Gasteiger partial charge in [-0.25, -0.2) is 8.78 Å². The lowest BCUT2D eigenvalue weighted by Gasteiger charge is -2.25. The molecule has 0 aliphatic carbocycles. The highest BCUT2D eigenvalue weighted by Gasteiger charge is 2.31. The smallest absolute Gasteiger partial charge is 0.389 e. The van der Waals surface area contributed by atoms with E-state index in [-0.39, 0.29) is 36.4 Å². The van der Waals surface area contributed by atoms with Crippen LogP contribution >= 0.6 is 0 Å². The number of rotatable bonds is 8. The molecule has 0 saturated carbocycles. The maximum atomic E-state index is 13.8. The topological polar surface area (TPSA) is 77.2 Å². The number of hydrogen-bond donors (Lipinski definition) is 2. The van der Waals surface area contributed by atoms with Crippen molar-refractivity contribution in [3.8, 4) is 5.75 Å². The molecule has 0 saturated heterocycles. The van der Waals surface area contributed by atoms with Gasteiger partial charge < -0.3 is 15.8 Å². The standard InChI is InChI=1S/C23H22F5N3O2/c1-22(29,8-9-23(26,27)28)13-31-21(32)15-10-14-4-2-7-19(20(14)30-11-15)33-12-16-17(24)5-3-6-18(16)25/h2-7,10-11H,8-9,12-13,29H2,1H3,(H,31,32). The van der Waals surface area contributed by atoms with Crippen LogP contribution < -0.4 is 15.8 Å². The number of ether oxygens (including phenoxy) is 1. The largest absolute Gasteiger partial charge is 0.486 e. The van der Waals surface area contributed by atoms with E-state index in [4.69, 9.17) is 10.5 Å². The molecule has 3 aromatic rings. The van der Waals surface area contributed by atoms with Crippen LogP contribution in [0.4, 0.5) is 22.0 Å². The fourth-order valence-corrected chi connectivity index (χ4v) is 3.09. The number of nitrogens with one attached hydrogen (secondary N) is 1. The van der Waals surface area contributed by atoms with Crippen LogP contribution in [-0.2, 0) is 6.61 Å². The molecule has 0 aliphatic rings. The first-order valence-electron chi connectivity index (χ1n) is 10.0. The summed E-state index contributed by atoms with van der Waals surface area (Å²) in [6, 6.07) is 9.92. The third-order valence-corrected chi connectivity index (χ3v) is 5.00. The molecule has 0 radical (unpaired) electrons. The number of nitrogens with two attached hydrogens (primary N) is 1. The van der Waals surface area contributed by atoms with Crippen molar-refractivity contribution in [2.75, 3.05) is 6.54 Å². The van der Waals surface area contributed by atoms with Crippen LogP contribution in [0, 0.1) is 11.6 Å². The van der Waals surface area contributed by atoms with Crippen molar-refractivity contribution in [1.29, 1.82) is 0 Å². The lowest BCUT2D eigenvalue weighted by molar-refractivity contribution is -0.137. The Labute approximate surface area is 186 Å².